The molecular weight excluding hydrogens is 138 g/mol. The second-order valence-corrected chi connectivity index (χ2v) is 2.22. The van der Waals surface area contributed by atoms with Crippen molar-refractivity contribution in [1.29, 1.82) is 0 Å². The van der Waals surface area contributed by atoms with Crippen LogP contribution in [0.2, 0.25) is 0 Å². The van der Waals surface area contributed by atoms with E-state index < -0.39 is 0 Å². The Bertz CT molecular complexity index is 299. The minimum Gasteiger partial charge on any atom is -0.398 e. The van der Waals surface area contributed by atoms with E-state index in [4.69, 9.17) is 17.3 Å². The first-order valence-electron chi connectivity index (χ1n) is 3.24. The van der Waals surface area contributed by atoms with Crippen molar-refractivity contribution in [2.24, 2.45) is 0 Å². The highest BCUT2D eigenvalue weighted by molar-refractivity contribution is 5.56. The van der Waals surface area contributed by atoms with E-state index in [0.717, 1.165) is 5.56 Å². The number of benzene rings is 1. The van der Waals surface area contributed by atoms with Crippen LogP contribution in [0.3, 0.4) is 0 Å². The Hall–Kier alpha value is -1.46. The number of nitrogen functional groups attached to an aromatic ring is 1. The van der Waals surface area contributed by atoms with Crippen LogP contribution in [0.5, 0.6) is 0 Å². The largest absolute Gasteiger partial charge is 0.398 e. The monoisotopic (exact) mass is 147 g/mol. The van der Waals surface area contributed by atoms with E-state index in [1.165, 1.54) is 0 Å². The number of terminal acetylenes is 1. The quantitative estimate of drug-likeness (QED) is 0.454. The zero-order valence-corrected chi connectivity index (χ0v) is 6.04. The summed E-state index contributed by atoms with van der Waals surface area (Å²) in [7, 11) is 0. The Kier molecular flexibility index (Phi) is 2.15. The molecule has 0 heterocycles. The highest BCUT2D eigenvalue weighted by atomic mass is 16.3. The molecule has 3 N–H and O–H groups in total. The summed E-state index contributed by atoms with van der Waals surface area (Å²) in [6.45, 7) is -0.00500. The first-order chi connectivity index (χ1) is 5.27. The Morgan fingerprint density at radius 2 is 2.27 bits per heavy atom. The van der Waals surface area contributed by atoms with E-state index in [2.05, 4.69) is 5.92 Å². The number of hydrogen-bond donors (Lipinski definition) is 2. The summed E-state index contributed by atoms with van der Waals surface area (Å²) in [5, 5.41) is 8.74. The predicted octanol–water partition coefficient (Wildman–Crippen LogP) is 0.742. The molecule has 0 aliphatic heterocycles. The molecule has 1 aromatic rings. The Morgan fingerprint density at radius 1 is 1.55 bits per heavy atom. The number of aliphatic hydroxyl groups excluding tert-OH is 1. The van der Waals surface area contributed by atoms with Crippen molar-refractivity contribution in [1.82, 2.24) is 0 Å². The van der Waals surface area contributed by atoms with Crippen LogP contribution in [0.25, 0.3) is 0 Å². The molecule has 11 heavy (non-hydrogen) atoms. The van der Waals surface area contributed by atoms with Gasteiger partial charge in [0.1, 0.15) is 0 Å². The molecule has 0 amide bonds. The van der Waals surface area contributed by atoms with Gasteiger partial charge in [-0.2, -0.15) is 0 Å². The molecule has 0 spiro atoms. The molecule has 2 heteroatoms. The normalized spacial score (nSPS) is 9.09. The van der Waals surface area contributed by atoms with Gasteiger partial charge in [-0.1, -0.05) is 12.0 Å². The third-order valence-electron chi connectivity index (χ3n) is 1.46. The van der Waals surface area contributed by atoms with Gasteiger partial charge >= 0.3 is 0 Å². The number of aliphatic hydroxyl groups is 1. The van der Waals surface area contributed by atoms with Gasteiger partial charge in [0.15, 0.2) is 0 Å². The summed E-state index contributed by atoms with van der Waals surface area (Å²) in [6, 6.07) is 5.15. The van der Waals surface area contributed by atoms with Crippen molar-refractivity contribution in [3.8, 4) is 12.3 Å². The standard InChI is InChI=1S/C9H9NO/c1-2-8-5-7(6-11)3-4-9(8)10/h1,3-5,11H,6,10H2. The molecule has 0 saturated heterocycles. The maximum atomic E-state index is 8.74. The fourth-order valence-electron chi connectivity index (χ4n) is 0.827. The third kappa shape index (κ3) is 1.51. The van der Waals surface area contributed by atoms with Crippen LogP contribution in [0.15, 0.2) is 18.2 Å². The fraction of sp³-hybridized carbons (Fsp3) is 0.111. The van der Waals surface area contributed by atoms with Crippen LogP contribution in [-0.2, 0) is 6.61 Å². The second-order valence-electron chi connectivity index (χ2n) is 2.22. The van der Waals surface area contributed by atoms with E-state index in [1.807, 2.05) is 0 Å². The maximum absolute atomic E-state index is 8.74. The fourth-order valence-corrected chi connectivity index (χ4v) is 0.827. The molecule has 0 bridgehead atoms. The van der Waals surface area contributed by atoms with E-state index in [-0.39, 0.29) is 6.61 Å². The van der Waals surface area contributed by atoms with Crippen molar-refractivity contribution in [2.45, 2.75) is 6.61 Å². The van der Waals surface area contributed by atoms with Crippen LogP contribution < -0.4 is 5.73 Å². The second kappa shape index (κ2) is 3.09. The Labute approximate surface area is 65.7 Å². The lowest BCUT2D eigenvalue weighted by atomic mass is 10.1. The molecular formula is C9H9NO. The van der Waals surface area contributed by atoms with Gasteiger partial charge in [-0.25, -0.2) is 0 Å². The SMILES string of the molecule is C#Cc1cc(CO)ccc1N. The first-order valence-corrected chi connectivity index (χ1v) is 3.24. The Balaban J connectivity index is 3.15. The van der Waals surface area contributed by atoms with Gasteiger partial charge in [-0.05, 0) is 17.7 Å². The average molecular weight is 147 g/mol. The molecule has 0 saturated carbocycles. The molecule has 0 aliphatic rings. The Morgan fingerprint density at radius 3 is 2.82 bits per heavy atom. The van der Waals surface area contributed by atoms with E-state index >= 15 is 0 Å². The van der Waals surface area contributed by atoms with Gasteiger partial charge in [-0.15, -0.1) is 6.42 Å². The molecule has 0 fully saturated rings. The molecule has 1 rings (SSSR count). The van der Waals surface area contributed by atoms with Crippen molar-refractivity contribution in [3.05, 3.63) is 29.3 Å². The minimum absolute atomic E-state index is 0.00500. The molecule has 56 valence electrons. The number of nitrogens with two attached hydrogens (primary N) is 1. The molecule has 2 nitrogen and oxygen atoms in total. The van der Waals surface area contributed by atoms with Crippen LogP contribution in [0, 0.1) is 12.3 Å². The van der Waals surface area contributed by atoms with Gasteiger partial charge in [0.25, 0.3) is 0 Å². The molecule has 0 aliphatic carbocycles. The summed E-state index contributed by atoms with van der Waals surface area (Å²) < 4.78 is 0. The summed E-state index contributed by atoms with van der Waals surface area (Å²) >= 11 is 0. The van der Waals surface area contributed by atoms with Gasteiger partial charge in [0, 0.05) is 11.3 Å². The summed E-state index contributed by atoms with van der Waals surface area (Å²) in [6.07, 6.45) is 5.16. The molecule has 0 radical (unpaired) electrons. The number of rotatable bonds is 1. The van der Waals surface area contributed by atoms with Crippen LogP contribution in [0.1, 0.15) is 11.1 Å². The summed E-state index contributed by atoms with van der Waals surface area (Å²) in [4.78, 5) is 0. The lowest BCUT2D eigenvalue weighted by Gasteiger charge is -2.00. The zero-order chi connectivity index (χ0) is 8.27. The summed E-state index contributed by atoms with van der Waals surface area (Å²) in [5.41, 5.74) is 7.52. The first kappa shape index (κ1) is 7.64. The molecule has 0 unspecified atom stereocenters. The number of hydrogen-bond acceptors (Lipinski definition) is 2. The van der Waals surface area contributed by atoms with Gasteiger partial charge in [0.05, 0.1) is 6.61 Å². The minimum atomic E-state index is -0.00500. The van der Waals surface area contributed by atoms with Crippen LogP contribution >= 0.6 is 0 Å². The van der Waals surface area contributed by atoms with Crippen LogP contribution in [0.4, 0.5) is 5.69 Å². The van der Waals surface area contributed by atoms with Crippen molar-refractivity contribution in [2.75, 3.05) is 5.73 Å². The predicted molar refractivity (Wildman–Crippen MR) is 44.7 cm³/mol. The van der Waals surface area contributed by atoms with E-state index in [0.29, 0.717) is 11.3 Å². The van der Waals surface area contributed by atoms with Crippen molar-refractivity contribution < 1.29 is 5.11 Å². The van der Waals surface area contributed by atoms with Gasteiger partial charge in [0.2, 0.25) is 0 Å². The summed E-state index contributed by atoms with van der Waals surface area (Å²) in [5.74, 6) is 2.43. The highest BCUT2D eigenvalue weighted by Crippen LogP contribution is 2.12. The van der Waals surface area contributed by atoms with E-state index in [9.17, 15) is 0 Å². The lowest BCUT2D eigenvalue weighted by Crippen LogP contribution is -1.92. The zero-order valence-electron chi connectivity index (χ0n) is 6.04. The molecule has 1 aromatic carbocycles. The average Bonchev–Trinajstić information content (AvgIpc) is 2.05. The number of anilines is 1. The van der Waals surface area contributed by atoms with Crippen molar-refractivity contribution in [3.63, 3.8) is 0 Å². The smallest absolute Gasteiger partial charge is 0.0682 e. The maximum Gasteiger partial charge on any atom is 0.0682 e. The molecule has 0 aromatic heterocycles. The van der Waals surface area contributed by atoms with Gasteiger partial charge < -0.3 is 10.8 Å². The van der Waals surface area contributed by atoms with Gasteiger partial charge in [-0.3, -0.25) is 0 Å². The van der Waals surface area contributed by atoms with Crippen molar-refractivity contribution >= 4 is 5.69 Å². The van der Waals surface area contributed by atoms with E-state index in [1.54, 1.807) is 18.2 Å². The van der Waals surface area contributed by atoms with Crippen LogP contribution in [-0.4, -0.2) is 5.11 Å². The topological polar surface area (TPSA) is 46.2 Å². The lowest BCUT2D eigenvalue weighted by molar-refractivity contribution is 0.282. The third-order valence-corrected chi connectivity index (χ3v) is 1.46. The molecule has 0 atom stereocenters. The highest BCUT2D eigenvalue weighted by Gasteiger charge is 1.96.